The number of nitrogens with one attached hydrogen (secondary N) is 1. The number of H-pyrrole nitrogens is 1. The van der Waals surface area contributed by atoms with Crippen LogP contribution in [0, 0.1) is 5.92 Å². The van der Waals surface area contributed by atoms with E-state index in [1.807, 2.05) is 35.5 Å². The fourth-order valence-electron chi connectivity index (χ4n) is 3.58. The zero-order valence-electron chi connectivity index (χ0n) is 13.1. The number of carbonyl (C=O) groups is 1. The molecule has 0 unspecified atom stereocenters. The fourth-order valence-corrected chi connectivity index (χ4v) is 3.58. The van der Waals surface area contributed by atoms with E-state index in [2.05, 4.69) is 20.1 Å². The summed E-state index contributed by atoms with van der Waals surface area (Å²) in [5.74, 6) is 1.42. The van der Waals surface area contributed by atoms with Crippen LogP contribution in [-0.2, 0) is 17.6 Å². The number of pyridine rings is 1. The molecule has 23 heavy (non-hydrogen) atoms. The van der Waals surface area contributed by atoms with Crippen molar-refractivity contribution < 1.29 is 4.79 Å². The Morgan fingerprint density at radius 3 is 2.87 bits per heavy atom. The van der Waals surface area contributed by atoms with E-state index >= 15 is 0 Å². The van der Waals surface area contributed by atoms with Gasteiger partial charge < -0.3 is 9.80 Å². The molecule has 6 nitrogen and oxygen atoms in total. The number of fused-ring (bicyclic) bond motifs is 1. The summed E-state index contributed by atoms with van der Waals surface area (Å²) in [6, 6.07) is 5.96. The number of aromatic amines is 1. The Kier molecular flexibility index (Phi) is 3.73. The molecule has 1 fully saturated rings. The molecular formula is C17H21N5O. The van der Waals surface area contributed by atoms with Crippen molar-refractivity contribution in [2.45, 2.75) is 19.3 Å². The first-order chi connectivity index (χ1) is 11.3. The largest absolute Gasteiger partial charge is 0.353 e. The third kappa shape index (κ3) is 2.81. The summed E-state index contributed by atoms with van der Waals surface area (Å²) in [5, 5.41) is 7.12. The second-order valence-electron chi connectivity index (χ2n) is 6.31. The van der Waals surface area contributed by atoms with E-state index < -0.39 is 0 Å². The van der Waals surface area contributed by atoms with E-state index in [1.54, 1.807) is 0 Å². The summed E-state index contributed by atoms with van der Waals surface area (Å²) in [5.41, 5.74) is 2.41. The lowest BCUT2D eigenvalue weighted by atomic mass is 9.87. The van der Waals surface area contributed by atoms with Gasteiger partial charge >= 0.3 is 0 Å². The number of aryl methyl sites for hydroxylation is 1. The molecule has 0 spiro atoms. The zero-order chi connectivity index (χ0) is 15.6. The number of aromatic nitrogens is 3. The van der Waals surface area contributed by atoms with Crippen LogP contribution in [0.4, 0.5) is 5.82 Å². The standard InChI is InChI=1S/C17H21N5O/c23-17(13-4-5-15-14(11-13)12-19-20-15)22-9-7-21(8-10-22)16-3-1-2-6-18-16/h1-3,6,12-13H,4-5,7-11H2,(H,19,20)/t13-/m1/s1. The smallest absolute Gasteiger partial charge is 0.226 e. The molecule has 1 amide bonds. The monoisotopic (exact) mass is 311 g/mol. The SMILES string of the molecule is O=C([C@@H]1CCc2[nH]ncc2C1)N1CCN(c2ccccn2)CC1. The first-order valence-electron chi connectivity index (χ1n) is 8.27. The van der Waals surface area contributed by atoms with Crippen molar-refractivity contribution in [3.05, 3.63) is 41.9 Å². The summed E-state index contributed by atoms with van der Waals surface area (Å²) in [6.07, 6.45) is 6.37. The molecule has 0 aromatic carbocycles. The minimum absolute atomic E-state index is 0.113. The maximum atomic E-state index is 12.8. The van der Waals surface area contributed by atoms with Crippen molar-refractivity contribution in [3.63, 3.8) is 0 Å². The lowest BCUT2D eigenvalue weighted by Crippen LogP contribution is -2.51. The van der Waals surface area contributed by atoms with Gasteiger partial charge in [-0.1, -0.05) is 6.07 Å². The highest BCUT2D eigenvalue weighted by atomic mass is 16.2. The Labute approximate surface area is 135 Å². The molecule has 1 N–H and O–H groups in total. The van der Waals surface area contributed by atoms with Crippen LogP contribution < -0.4 is 4.90 Å². The van der Waals surface area contributed by atoms with Crippen LogP contribution in [0.15, 0.2) is 30.6 Å². The molecular weight excluding hydrogens is 290 g/mol. The normalized spacial score (nSPS) is 21.1. The van der Waals surface area contributed by atoms with Gasteiger partial charge in [0.2, 0.25) is 5.91 Å². The first-order valence-corrected chi connectivity index (χ1v) is 8.27. The lowest BCUT2D eigenvalue weighted by molar-refractivity contribution is -0.136. The van der Waals surface area contributed by atoms with Crippen LogP contribution in [0.25, 0.3) is 0 Å². The molecule has 1 aliphatic heterocycles. The summed E-state index contributed by atoms with van der Waals surface area (Å²) in [7, 11) is 0. The number of nitrogens with zero attached hydrogens (tertiary/aromatic N) is 4. The van der Waals surface area contributed by atoms with Crippen LogP contribution in [0.3, 0.4) is 0 Å². The molecule has 6 heteroatoms. The van der Waals surface area contributed by atoms with Gasteiger partial charge in [0.15, 0.2) is 0 Å². The van der Waals surface area contributed by atoms with E-state index in [0.717, 1.165) is 51.3 Å². The van der Waals surface area contributed by atoms with Gasteiger partial charge in [-0.15, -0.1) is 0 Å². The topological polar surface area (TPSA) is 65.1 Å². The Morgan fingerprint density at radius 1 is 1.22 bits per heavy atom. The fraction of sp³-hybridized carbons (Fsp3) is 0.471. The van der Waals surface area contributed by atoms with Crippen molar-refractivity contribution in [3.8, 4) is 0 Å². The van der Waals surface area contributed by atoms with Crippen molar-refractivity contribution in [2.75, 3.05) is 31.1 Å². The molecule has 1 aliphatic carbocycles. The van der Waals surface area contributed by atoms with Gasteiger partial charge in [-0.3, -0.25) is 9.89 Å². The molecule has 1 saturated heterocycles. The summed E-state index contributed by atoms with van der Waals surface area (Å²) in [4.78, 5) is 21.5. The van der Waals surface area contributed by atoms with E-state index in [9.17, 15) is 4.79 Å². The molecule has 2 aromatic heterocycles. The summed E-state index contributed by atoms with van der Waals surface area (Å²) in [6.45, 7) is 3.27. The minimum Gasteiger partial charge on any atom is -0.353 e. The molecule has 0 saturated carbocycles. The Bertz CT molecular complexity index is 675. The average Bonchev–Trinajstić information content (AvgIpc) is 3.10. The number of hydrogen-bond donors (Lipinski definition) is 1. The van der Waals surface area contributed by atoms with Gasteiger partial charge in [0.1, 0.15) is 5.82 Å². The number of hydrogen-bond acceptors (Lipinski definition) is 4. The number of amides is 1. The maximum absolute atomic E-state index is 12.8. The predicted molar refractivity (Wildman–Crippen MR) is 87.1 cm³/mol. The molecule has 1 atom stereocenters. The van der Waals surface area contributed by atoms with E-state index in [1.165, 1.54) is 11.3 Å². The maximum Gasteiger partial charge on any atom is 0.226 e. The van der Waals surface area contributed by atoms with Crippen LogP contribution in [0.2, 0.25) is 0 Å². The average molecular weight is 311 g/mol. The minimum atomic E-state index is 0.113. The Hall–Kier alpha value is -2.37. The van der Waals surface area contributed by atoms with Crippen LogP contribution in [-0.4, -0.2) is 52.2 Å². The van der Waals surface area contributed by atoms with Gasteiger partial charge in [0, 0.05) is 44.0 Å². The third-order valence-corrected chi connectivity index (χ3v) is 4.93. The van der Waals surface area contributed by atoms with Crippen molar-refractivity contribution in [1.29, 1.82) is 0 Å². The van der Waals surface area contributed by atoms with E-state index in [0.29, 0.717) is 5.91 Å². The molecule has 0 bridgehead atoms. The third-order valence-electron chi connectivity index (χ3n) is 4.93. The summed E-state index contributed by atoms with van der Waals surface area (Å²) >= 11 is 0. The van der Waals surface area contributed by atoms with E-state index in [4.69, 9.17) is 0 Å². The van der Waals surface area contributed by atoms with Crippen molar-refractivity contribution in [2.24, 2.45) is 5.92 Å². The highest BCUT2D eigenvalue weighted by molar-refractivity contribution is 5.79. The highest BCUT2D eigenvalue weighted by Gasteiger charge is 2.31. The van der Waals surface area contributed by atoms with Crippen LogP contribution in [0.5, 0.6) is 0 Å². The molecule has 3 heterocycles. The zero-order valence-corrected chi connectivity index (χ0v) is 13.1. The molecule has 2 aliphatic rings. The van der Waals surface area contributed by atoms with Crippen molar-refractivity contribution >= 4 is 11.7 Å². The number of carbonyl (C=O) groups excluding carboxylic acids is 1. The Balaban J connectivity index is 1.36. The first kappa shape index (κ1) is 14.2. The molecule has 2 aromatic rings. The molecule has 4 rings (SSSR count). The Morgan fingerprint density at radius 2 is 2.09 bits per heavy atom. The van der Waals surface area contributed by atoms with Crippen LogP contribution in [0.1, 0.15) is 17.7 Å². The van der Waals surface area contributed by atoms with Gasteiger partial charge in [-0.2, -0.15) is 5.10 Å². The van der Waals surface area contributed by atoms with Gasteiger partial charge in [-0.25, -0.2) is 4.98 Å². The highest BCUT2D eigenvalue weighted by Crippen LogP contribution is 2.26. The quantitative estimate of drug-likeness (QED) is 0.907. The van der Waals surface area contributed by atoms with Crippen molar-refractivity contribution in [1.82, 2.24) is 20.1 Å². The van der Waals surface area contributed by atoms with Gasteiger partial charge in [0.05, 0.1) is 6.20 Å². The number of anilines is 1. The number of rotatable bonds is 2. The number of piperazine rings is 1. The van der Waals surface area contributed by atoms with Crippen LogP contribution >= 0.6 is 0 Å². The van der Waals surface area contributed by atoms with Gasteiger partial charge in [0.25, 0.3) is 0 Å². The second kappa shape index (κ2) is 6.02. The summed E-state index contributed by atoms with van der Waals surface area (Å²) < 4.78 is 0. The lowest BCUT2D eigenvalue weighted by Gasteiger charge is -2.37. The predicted octanol–water partition coefficient (Wildman–Crippen LogP) is 1.26. The second-order valence-corrected chi connectivity index (χ2v) is 6.31. The molecule has 120 valence electrons. The van der Waals surface area contributed by atoms with E-state index in [-0.39, 0.29) is 5.92 Å². The molecule has 0 radical (unpaired) electrons. The van der Waals surface area contributed by atoms with Gasteiger partial charge in [-0.05, 0) is 37.0 Å².